The standard InChI is InChI=1S/C12H16/c1-2-7-12-10-5-3-4-9(8-10)11(12)6-1/h1-4,9-12H,5-8H2. The first-order valence-corrected chi connectivity index (χ1v) is 5.27. The molecule has 0 saturated heterocycles. The van der Waals surface area contributed by atoms with Gasteiger partial charge in [-0.25, -0.2) is 0 Å². The van der Waals surface area contributed by atoms with Gasteiger partial charge in [-0.15, -0.1) is 0 Å². The van der Waals surface area contributed by atoms with Crippen molar-refractivity contribution in [1.29, 1.82) is 0 Å². The van der Waals surface area contributed by atoms with Crippen molar-refractivity contribution >= 4 is 0 Å². The van der Waals surface area contributed by atoms with Crippen molar-refractivity contribution in [1.82, 2.24) is 0 Å². The minimum absolute atomic E-state index is 0.943. The van der Waals surface area contributed by atoms with E-state index in [4.69, 9.17) is 0 Å². The zero-order valence-electron chi connectivity index (χ0n) is 7.45. The average molecular weight is 160 g/mol. The van der Waals surface area contributed by atoms with E-state index in [0.717, 1.165) is 23.7 Å². The molecule has 3 rings (SSSR count). The topological polar surface area (TPSA) is 0 Å². The summed E-state index contributed by atoms with van der Waals surface area (Å²) in [7, 11) is 0. The minimum Gasteiger partial charge on any atom is -0.0882 e. The highest BCUT2D eigenvalue weighted by Crippen LogP contribution is 2.51. The highest BCUT2D eigenvalue weighted by molar-refractivity contribution is 5.11. The quantitative estimate of drug-likeness (QED) is 0.477. The summed E-state index contributed by atoms with van der Waals surface area (Å²) in [5.74, 6) is 4.03. The van der Waals surface area contributed by atoms with Gasteiger partial charge in [-0.3, -0.25) is 0 Å². The molecular formula is C12H16. The van der Waals surface area contributed by atoms with Gasteiger partial charge in [-0.2, -0.15) is 0 Å². The fourth-order valence-electron chi connectivity index (χ4n) is 3.51. The van der Waals surface area contributed by atoms with Gasteiger partial charge in [0.05, 0.1) is 0 Å². The van der Waals surface area contributed by atoms with Gasteiger partial charge < -0.3 is 0 Å². The molecule has 1 fully saturated rings. The zero-order valence-corrected chi connectivity index (χ0v) is 7.45. The Labute approximate surface area is 74.4 Å². The lowest BCUT2D eigenvalue weighted by Crippen LogP contribution is -2.17. The smallest absolute Gasteiger partial charge is 0.0196 e. The first-order valence-electron chi connectivity index (χ1n) is 5.27. The Hall–Kier alpha value is -0.520. The Morgan fingerprint density at radius 3 is 2.58 bits per heavy atom. The lowest BCUT2D eigenvalue weighted by Gasteiger charge is -2.25. The van der Waals surface area contributed by atoms with Crippen LogP contribution in [0.5, 0.6) is 0 Å². The van der Waals surface area contributed by atoms with Crippen LogP contribution < -0.4 is 0 Å². The van der Waals surface area contributed by atoms with E-state index in [1.807, 2.05) is 0 Å². The van der Waals surface area contributed by atoms with Crippen LogP contribution in [0.25, 0.3) is 0 Å². The van der Waals surface area contributed by atoms with Crippen LogP contribution in [0.4, 0.5) is 0 Å². The fourth-order valence-corrected chi connectivity index (χ4v) is 3.51. The summed E-state index contributed by atoms with van der Waals surface area (Å²) in [6.07, 6.45) is 15.3. The lowest BCUT2D eigenvalue weighted by atomic mass is 9.80. The maximum Gasteiger partial charge on any atom is -0.0196 e. The summed E-state index contributed by atoms with van der Waals surface area (Å²) in [6, 6.07) is 0. The monoisotopic (exact) mass is 160 g/mol. The molecule has 4 atom stereocenters. The van der Waals surface area contributed by atoms with E-state index in [2.05, 4.69) is 24.3 Å². The second kappa shape index (κ2) is 2.48. The number of rotatable bonds is 0. The molecule has 3 aliphatic rings. The molecule has 0 aromatic rings. The second-order valence-electron chi connectivity index (χ2n) is 4.59. The van der Waals surface area contributed by atoms with Crippen molar-refractivity contribution in [2.45, 2.75) is 25.7 Å². The minimum atomic E-state index is 0.943. The third-order valence-electron chi connectivity index (χ3n) is 4.09. The molecule has 0 amide bonds. The van der Waals surface area contributed by atoms with Gasteiger partial charge in [0.1, 0.15) is 0 Å². The normalized spacial score (nSPS) is 49.3. The van der Waals surface area contributed by atoms with Gasteiger partial charge in [0.25, 0.3) is 0 Å². The van der Waals surface area contributed by atoms with Crippen LogP contribution in [0.2, 0.25) is 0 Å². The van der Waals surface area contributed by atoms with Crippen LogP contribution >= 0.6 is 0 Å². The molecule has 4 unspecified atom stereocenters. The van der Waals surface area contributed by atoms with Gasteiger partial charge in [0.2, 0.25) is 0 Å². The Balaban J connectivity index is 1.93. The summed E-state index contributed by atoms with van der Waals surface area (Å²) in [4.78, 5) is 0. The van der Waals surface area contributed by atoms with Gasteiger partial charge in [-0.1, -0.05) is 24.3 Å². The van der Waals surface area contributed by atoms with Gasteiger partial charge in [0, 0.05) is 0 Å². The van der Waals surface area contributed by atoms with Crippen molar-refractivity contribution in [2.24, 2.45) is 23.7 Å². The zero-order chi connectivity index (χ0) is 7.97. The number of hydrogen-bond acceptors (Lipinski definition) is 0. The van der Waals surface area contributed by atoms with E-state index < -0.39 is 0 Å². The van der Waals surface area contributed by atoms with Gasteiger partial charge in [0.15, 0.2) is 0 Å². The third kappa shape index (κ3) is 0.840. The van der Waals surface area contributed by atoms with E-state index in [1.54, 1.807) is 0 Å². The summed E-state index contributed by atoms with van der Waals surface area (Å²) in [6.45, 7) is 0. The Kier molecular flexibility index (Phi) is 1.44. The first kappa shape index (κ1) is 6.94. The SMILES string of the molecule is C1=CC2CC(C1)C1CC=CCC21. The molecule has 0 N–H and O–H groups in total. The van der Waals surface area contributed by atoms with Crippen LogP contribution in [0.1, 0.15) is 25.7 Å². The highest BCUT2D eigenvalue weighted by Gasteiger charge is 2.42. The maximum atomic E-state index is 2.49. The molecule has 0 heterocycles. The van der Waals surface area contributed by atoms with Gasteiger partial charge in [-0.05, 0) is 49.4 Å². The van der Waals surface area contributed by atoms with Crippen molar-refractivity contribution in [3.63, 3.8) is 0 Å². The van der Waals surface area contributed by atoms with Crippen LogP contribution in [-0.4, -0.2) is 0 Å². The largest absolute Gasteiger partial charge is 0.0882 e. The van der Waals surface area contributed by atoms with E-state index in [-0.39, 0.29) is 0 Å². The highest BCUT2D eigenvalue weighted by atomic mass is 14.5. The summed E-state index contributed by atoms with van der Waals surface area (Å²) in [5, 5.41) is 0. The maximum absolute atomic E-state index is 2.49. The molecule has 2 bridgehead atoms. The van der Waals surface area contributed by atoms with Crippen LogP contribution in [0.3, 0.4) is 0 Å². The molecule has 0 radical (unpaired) electrons. The van der Waals surface area contributed by atoms with Gasteiger partial charge >= 0.3 is 0 Å². The van der Waals surface area contributed by atoms with E-state index >= 15 is 0 Å². The van der Waals surface area contributed by atoms with Crippen molar-refractivity contribution < 1.29 is 0 Å². The molecule has 0 spiro atoms. The second-order valence-corrected chi connectivity index (χ2v) is 4.59. The molecule has 12 heavy (non-hydrogen) atoms. The molecule has 3 aliphatic carbocycles. The number of fused-ring (bicyclic) bond motifs is 5. The van der Waals surface area contributed by atoms with Crippen molar-refractivity contribution in [3.05, 3.63) is 24.3 Å². The molecule has 0 heteroatoms. The summed E-state index contributed by atoms with van der Waals surface area (Å²) in [5.41, 5.74) is 0. The van der Waals surface area contributed by atoms with E-state index in [1.165, 1.54) is 25.7 Å². The molecule has 0 aromatic carbocycles. The van der Waals surface area contributed by atoms with Crippen LogP contribution in [0, 0.1) is 23.7 Å². The Morgan fingerprint density at radius 2 is 1.67 bits per heavy atom. The predicted molar refractivity (Wildman–Crippen MR) is 50.7 cm³/mol. The Bertz CT molecular complexity index is 236. The Morgan fingerprint density at radius 1 is 0.833 bits per heavy atom. The molecule has 0 aromatic heterocycles. The summed E-state index contributed by atoms with van der Waals surface area (Å²) >= 11 is 0. The van der Waals surface area contributed by atoms with Crippen molar-refractivity contribution in [2.75, 3.05) is 0 Å². The molecule has 0 aliphatic heterocycles. The summed E-state index contributed by atoms with van der Waals surface area (Å²) < 4.78 is 0. The lowest BCUT2D eigenvalue weighted by molar-refractivity contribution is 0.298. The number of hydrogen-bond donors (Lipinski definition) is 0. The predicted octanol–water partition coefficient (Wildman–Crippen LogP) is 3.16. The average Bonchev–Trinajstić information content (AvgIpc) is 2.41. The van der Waals surface area contributed by atoms with E-state index in [9.17, 15) is 0 Å². The van der Waals surface area contributed by atoms with Crippen molar-refractivity contribution in [3.8, 4) is 0 Å². The van der Waals surface area contributed by atoms with Crippen LogP contribution in [0.15, 0.2) is 24.3 Å². The third-order valence-corrected chi connectivity index (χ3v) is 4.09. The molecule has 1 saturated carbocycles. The molecular weight excluding hydrogens is 144 g/mol. The first-order chi connectivity index (χ1) is 5.95. The molecule has 0 nitrogen and oxygen atoms in total. The fraction of sp³-hybridized carbons (Fsp3) is 0.667. The molecule has 64 valence electrons. The number of allylic oxidation sites excluding steroid dienone is 4. The van der Waals surface area contributed by atoms with Crippen LogP contribution in [-0.2, 0) is 0 Å². The van der Waals surface area contributed by atoms with E-state index in [0.29, 0.717) is 0 Å².